The number of halogens is 1. The molecule has 0 heterocycles. The fourth-order valence-electron chi connectivity index (χ4n) is 2.91. The van der Waals surface area contributed by atoms with E-state index in [4.69, 9.17) is 4.18 Å². The molecule has 0 bridgehead atoms. The molecule has 1 radical (unpaired) electrons. The van der Waals surface area contributed by atoms with Gasteiger partial charge >= 0.3 is 0 Å². The molecule has 0 aromatic carbocycles. The van der Waals surface area contributed by atoms with Crippen LogP contribution < -0.4 is 0 Å². The molecule has 0 saturated carbocycles. The Hall–Kier alpha value is 0.840. The summed E-state index contributed by atoms with van der Waals surface area (Å²) in [5, 5.41) is 0. The first-order chi connectivity index (χ1) is 12.1. The summed E-state index contributed by atoms with van der Waals surface area (Å²) in [4.78, 5) is 0. The molecule has 0 unspecified atom stereocenters. The zero-order valence-corrected chi connectivity index (χ0v) is 20.3. The van der Waals surface area contributed by atoms with E-state index >= 15 is 0 Å². The van der Waals surface area contributed by atoms with Crippen molar-refractivity contribution in [2.24, 2.45) is 0 Å². The number of hydrogen-bond donors (Lipinski definition) is 0. The van der Waals surface area contributed by atoms with Gasteiger partial charge in [0, 0.05) is 29.6 Å². The average molecular weight is 404 g/mol. The molecular weight excluding hydrogens is 362 g/mol. The quantitative estimate of drug-likeness (QED) is 0.138. The molecule has 0 fully saturated rings. The van der Waals surface area contributed by atoms with Crippen LogP contribution in [0.15, 0.2) is 0 Å². The maximum Gasteiger partial charge on any atom is 0.267 e. The second kappa shape index (κ2) is 22.1. The van der Waals surface area contributed by atoms with Crippen LogP contribution in [0.1, 0.15) is 110 Å². The minimum atomic E-state index is -3.35. The van der Waals surface area contributed by atoms with Gasteiger partial charge in [-0.05, 0) is 19.3 Å². The van der Waals surface area contributed by atoms with Gasteiger partial charge in [-0.2, -0.15) is 8.42 Å². The molecule has 0 aliphatic rings. The fourth-order valence-corrected chi connectivity index (χ4v) is 3.96. The Bertz CT molecular complexity index is 364. The van der Waals surface area contributed by atoms with Crippen molar-refractivity contribution in [1.29, 1.82) is 0 Å². The van der Waals surface area contributed by atoms with Gasteiger partial charge in [-0.15, -0.1) is 0 Å². The number of unbranched alkanes of at least 4 members (excludes halogenated alkanes) is 14. The summed E-state index contributed by atoms with van der Waals surface area (Å²) in [5.74, 6) is 0.119. The zero-order chi connectivity index (χ0) is 18.6. The predicted molar refractivity (Wildman–Crippen MR) is 111 cm³/mol. The minimum absolute atomic E-state index is 0. The molecule has 0 aromatic rings. The molecule has 0 aliphatic carbocycles. The van der Waals surface area contributed by atoms with Crippen molar-refractivity contribution >= 4 is 39.7 Å². The van der Waals surface area contributed by atoms with Crippen LogP contribution >= 0.6 is 0 Å². The van der Waals surface area contributed by atoms with Gasteiger partial charge in [0.1, 0.15) is 0 Å². The summed E-state index contributed by atoms with van der Waals surface area (Å²) in [5.41, 5.74) is 0. The Labute approximate surface area is 184 Å². The first-order valence-corrected chi connectivity index (χ1v) is 12.1. The van der Waals surface area contributed by atoms with Crippen molar-refractivity contribution < 1.29 is 17.0 Å². The van der Waals surface area contributed by atoms with E-state index in [1.165, 1.54) is 51.4 Å². The molecule has 0 saturated heterocycles. The Morgan fingerprint density at radius 1 is 0.654 bits per heavy atom. The molecule has 0 amide bonds. The Kier molecular flexibility index (Phi) is 24.7. The van der Waals surface area contributed by atoms with Gasteiger partial charge in [-0.1, -0.05) is 90.4 Å². The third-order valence-corrected chi connectivity index (χ3v) is 5.85. The number of hydrogen-bond acceptors (Lipinski definition) is 3. The molecule has 0 rings (SSSR count). The summed E-state index contributed by atoms with van der Waals surface area (Å²) in [6.45, 7) is 2.32. The molecule has 0 spiro atoms. The number of rotatable bonds is 20. The van der Waals surface area contributed by atoms with E-state index in [0.29, 0.717) is 19.4 Å². The third kappa shape index (κ3) is 22.9. The van der Waals surface area contributed by atoms with Crippen molar-refractivity contribution in [2.75, 3.05) is 19.0 Å². The van der Waals surface area contributed by atoms with E-state index in [9.17, 15) is 12.8 Å². The second-order valence-corrected chi connectivity index (χ2v) is 8.84. The van der Waals surface area contributed by atoms with Crippen molar-refractivity contribution in [3.05, 3.63) is 0 Å². The summed E-state index contributed by atoms with van der Waals surface area (Å²) in [7, 11) is -3.35. The maximum absolute atomic E-state index is 11.9. The van der Waals surface area contributed by atoms with Crippen LogP contribution in [-0.2, 0) is 14.3 Å². The van der Waals surface area contributed by atoms with E-state index in [1.54, 1.807) is 0 Å². The fraction of sp³-hybridized carbons (Fsp3) is 1.00. The summed E-state index contributed by atoms with van der Waals surface area (Å²) < 4.78 is 40.5. The van der Waals surface area contributed by atoms with Crippen LogP contribution in [0.2, 0.25) is 0 Å². The van der Waals surface area contributed by atoms with Gasteiger partial charge in [0.2, 0.25) is 0 Å². The third-order valence-electron chi connectivity index (χ3n) is 4.54. The van der Waals surface area contributed by atoms with Crippen molar-refractivity contribution in [3.63, 3.8) is 0 Å². The Balaban J connectivity index is 0. The SMILES string of the molecule is CCCCCCCCCCCCOS(=O)(=O)CCCCCCCCF.[Na]. The predicted octanol–water partition coefficient (Wildman–Crippen LogP) is 6.18. The van der Waals surface area contributed by atoms with E-state index in [-0.39, 0.29) is 42.0 Å². The molecule has 153 valence electrons. The van der Waals surface area contributed by atoms with Crippen molar-refractivity contribution in [3.8, 4) is 0 Å². The van der Waals surface area contributed by atoms with Crippen LogP contribution in [0, 0.1) is 0 Å². The minimum Gasteiger partial charge on any atom is -0.270 e. The van der Waals surface area contributed by atoms with Crippen LogP contribution in [0.4, 0.5) is 4.39 Å². The largest absolute Gasteiger partial charge is 0.270 e. The van der Waals surface area contributed by atoms with Crippen LogP contribution in [-0.4, -0.2) is 57.0 Å². The first-order valence-electron chi connectivity index (χ1n) is 10.6. The molecule has 26 heavy (non-hydrogen) atoms. The van der Waals surface area contributed by atoms with Gasteiger partial charge in [-0.3, -0.25) is 8.57 Å². The van der Waals surface area contributed by atoms with Gasteiger partial charge in [0.15, 0.2) is 0 Å². The van der Waals surface area contributed by atoms with Gasteiger partial charge in [-0.25, -0.2) is 0 Å². The topological polar surface area (TPSA) is 43.4 Å². The Morgan fingerprint density at radius 3 is 1.58 bits per heavy atom. The van der Waals surface area contributed by atoms with Crippen LogP contribution in [0.25, 0.3) is 0 Å². The maximum atomic E-state index is 11.9. The molecule has 3 nitrogen and oxygen atoms in total. The van der Waals surface area contributed by atoms with Crippen LogP contribution in [0.5, 0.6) is 0 Å². The zero-order valence-electron chi connectivity index (χ0n) is 17.4. The van der Waals surface area contributed by atoms with E-state index in [1.807, 2.05) is 0 Å². The summed E-state index contributed by atoms with van der Waals surface area (Å²) in [6, 6.07) is 0. The summed E-state index contributed by atoms with van der Waals surface area (Å²) in [6.07, 6.45) is 17.3. The first kappa shape index (κ1) is 29.0. The van der Waals surface area contributed by atoms with E-state index in [0.717, 1.165) is 38.5 Å². The van der Waals surface area contributed by atoms with Gasteiger partial charge < -0.3 is 0 Å². The molecular formula is C20H41FNaO3S. The van der Waals surface area contributed by atoms with Crippen molar-refractivity contribution in [2.45, 2.75) is 110 Å². The standard InChI is InChI=1S/C20H41FO3S.Na/c1-2-3-4-5-6-7-8-10-13-16-19-24-25(22,23)20-17-14-11-9-12-15-18-21;/h2-20H2,1H3;. The second-order valence-electron chi connectivity index (χ2n) is 7.08. The average Bonchev–Trinajstić information content (AvgIpc) is 2.59. The Morgan fingerprint density at radius 2 is 1.08 bits per heavy atom. The molecule has 0 atom stereocenters. The van der Waals surface area contributed by atoms with Gasteiger partial charge in [0.25, 0.3) is 10.1 Å². The van der Waals surface area contributed by atoms with E-state index in [2.05, 4.69) is 6.92 Å². The normalized spacial score (nSPS) is 11.5. The van der Waals surface area contributed by atoms with Gasteiger partial charge in [0.05, 0.1) is 19.0 Å². The van der Waals surface area contributed by atoms with Crippen LogP contribution in [0.3, 0.4) is 0 Å². The molecule has 0 aliphatic heterocycles. The monoisotopic (exact) mass is 403 g/mol. The van der Waals surface area contributed by atoms with E-state index < -0.39 is 10.1 Å². The summed E-state index contributed by atoms with van der Waals surface area (Å²) >= 11 is 0. The smallest absolute Gasteiger partial charge is 0.267 e. The molecule has 0 aromatic heterocycles. The molecule has 0 N–H and O–H groups in total. The van der Waals surface area contributed by atoms with Crippen molar-refractivity contribution in [1.82, 2.24) is 0 Å². The molecule has 6 heteroatoms. The number of alkyl halides is 1.